The van der Waals surface area contributed by atoms with Gasteiger partial charge in [-0.3, -0.25) is 4.90 Å². The van der Waals surface area contributed by atoms with Gasteiger partial charge in [-0.2, -0.15) is 0 Å². The quantitative estimate of drug-likeness (QED) is 0.908. The highest BCUT2D eigenvalue weighted by molar-refractivity contribution is 6.30. The SMILES string of the molecule is CCC1(C)CN(Cc2cc(Cl)ccc2F)CCN1. The lowest BCUT2D eigenvalue weighted by Crippen LogP contribution is -2.58. The van der Waals surface area contributed by atoms with Crippen LogP contribution in [0, 0.1) is 5.82 Å². The van der Waals surface area contributed by atoms with Crippen molar-refractivity contribution in [3.8, 4) is 0 Å². The average molecular weight is 271 g/mol. The van der Waals surface area contributed by atoms with Crippen LogP contribution in [0.2, 0.25) is 5.02 Å². The first-order valence-electron chi connectivity index (χ1n) is 6.44. The van der Waals surface area contributed by atoms with Crippen LogP contribution in [0.4, 0.5) is 4.39 Å². The summed E-state index contributed by atoms with van der Waals surface area (Å²) in [5.74, 6) is -0.170. The predicted molar refractivity (Wildman–Crippen MR) is 73.4 cm³/mol. The first-order valence-corrected chi connectivity index (χ1v) is 6.81. The van der Waals surface area contributed by atoms with E-state index < -0.39 is 0 Å². The van der Waals surface area contributed by atoms with Gasteiger partial charge in [-0.25, -0.2) is 4.39 Å². The summed E-state index contributed by atoms with van der Waals surface area (Å²) in [6.07, 6.45) is 1.07. The molecule has 0 amide bonds. The fraction of sp³-hybridized carbons (Fsp3) is 0.571. The number of nitrogens with one attached hydrogen (secondary N) is 1. The van der Waals surface area contributed by atoms with Gasteiger partial charge < -0.3 is 5.32 Å². The summed E-state index contributed by atoms with van der Waals surface area (Å²) in [5, 5.41) is 4.12. The zero-order valence-electron chi connectivity index (χ0n) is 11.0. The Kier molecular flexibility index (Phi) is 4.25. The number of hydrogen-bond acceptors (Lipinski definition) is 2. The van der Waals surface area contributed by atoms with Crippen molar-refractivity contribution in [3.05, 3.63) is 34.6 Å². The Labute approximate surface area is 113 Å². The summed E-state index contributed by atoms with van der Waals surface area (Å²) in [5.41, 5.74) is 0.815. The molecule has 0 radical (unpaired) electrons. The van der Waals surface area contributed by atoms with Crippen LogP contribution in [0.25, 0.3) is 0 Å². The summed E-state index contributed by atoms with van der Waals surface area (Å²) in [6, 6.07) is 4.76. The second-order valence-corrected chi connectivity index (χ2v) is 5.72. The molecule has 0 aliphatic carbocycles. The molecule has 1 aliphatic heterocycles. The Morgan fingerprint density at radius 3 is 3.00 bits per heavy atom. The van der Waals surface area contributed by atoms with Gasteiger partial charge in [-0.05, 0) is 31.5 Å². The summed E-state index contributed by atoms with van der Waals surface area (Å²) in [4.78, 5) is 2.29. The van der Waals surface area contributed by atoms with Gasteiger partial charge in [0.1, 0.15) is 5.82 Å². The number of hydrogen-bond donors (Lipinski definition) is 1. The zero-order valence-corrected chi connectivity index (χ0v) is 11.7. The lowest BCUT2D eigenvalue weighted by molar-refractivity contribution is 0.132. The second-order valence-electron chi connectivity index (χ2n) is 5.29. The maximum absolute atomic E-state index is 13.7. The van der Waals surface area contributed by atoms with E-state index in [1.807, 2.05) is 0 Å². The highest BCUT2D eigenvalue weighted by Gasteiger charge is 2.28. The van der Waals surface area contributed by atoms with Crippen LogP contribution >= 0.6 is 11.6 Å². The highest BCUT2D eigenvalue weighted by Crippen LogP contribution is 2.20. The molecule has 1 aromatic rings. The molecule has 2 nitrogen and oxygen atoms in total. The summed E-state index contributed by atoms with van der Waals surface area (Å²) in [7, 11) is 0. The van der Waals surface area contributed by atoms with Crippen LogP contribution in [-0.2, 0) is 6.54 Å². The molecule has 1 N–H and O–H groups in total. The number of rotatable bonds is 3. The lowest BCUT2D eigenvalue weighted by Gasteiger charge is -2.41. The number of halogens is 2. The Bertz CT molecular complexity index is 424. The van der Waals surface area contributed by atoms with Gasteiger partial charge in [-0.1, -0.05) is 18.5 Å². The van der Waals surface area contributed by atoms with E-state index in [0.717, 1.165) is 26.1 Å². The molecule has 1 heterocycles. The molecule has 4 heteroatoms. The van der Waals surface area contributed by atoms with E-state index in [2.05, 4.69) is 24.1 Å². The summed E-state index contributed by atoms with van der Waals surface area (Å²) < 4.78 is 13.7. The van der Waals surface area contributed by atoms with Crippen molar-refractivity contribution in [2.24, 2.45) is 0 Å². The molecule has 100 valence electrons. The third-order valence-electron chi connectivity index (χ3n) is 3.73. The van der Waals surface area contributed by atoms with Crippen LogP contribution in [0.1, 0.15) is 25.8 Å². The molecular weight excluding hydrogens is 251 g/mol. The van der Waals surface area contributed by atoms with E-state index in [-0.39, 0.29) is 11.4 Å². The Balaban J connectivity index is 2.07. The molecule has 1 unspecified atom stereocenters. The van der Waals surface area contributed by atoms with E-state index in [4.69, 9.17) is 11.6 Å². The predicted octanol–water partition coefficient (Wildman–Crippen LogP) is 3.05. The normalized spacial score (nSPS) is 25.3. The summed E-state index contributed by atoms with van der Waals surface area (Å²) >= 11 is 5.92. The molecule has 1 aromatic carbocycles. The fourth-order valence-electron chi connectivity index (χ4n) is 2.42. The smallest absolute Gasteiger partial charge is 0.127 e. The van der Waals surface area contributed by atoms with Crippen LogP contribution in [0.5, 0.6) is 0 Å². The van der Waals surface area contributed by atoms with Crippen molar-refractivity contribution in [1.29, 1.82) is 0 Å². The van der Waals surface area contributed by atoms with Crippen molar-refractivity contribution in [3.63, 3.8) is 0 Å². The largest absolute Gasteiger partial charge is 0.309 e. The highest BCUT2D eigenvalue weighted by atomic mass is 35.5. The maximum Gasteiger partial charge on any atom is 0.127 e. The molecule has 0 saturated carbocycles. The van der Waals surface area contributed by atoms with Crippen molar-refractivity contribution < 1.29 is 4.39 Å². The van der Waals surface area contributed by atoms with Crippen molar-refractivity contribution in [1.82, 2.24) is 10.2 Å². The van der Waals surface area contributed by atoms with Gasteiger partial charge in [0.2, 0.25) is 0 Å². The first kappa shape index (κ1) is 13.8. The molecule has 1 saturated heterocycles. The van der Waals surface area contributed by atoms with E-state index in [1.54, 1.807) is 12.1 Å². The molecule has 0 aromatic heterocycles. The van der Waals surface area contributed by atoms with Gasteiger partial charge in [-0.15, -0.1) is 0 Å². The topological polar surface area (TPSA) is 15.3 Å². The number of benzene rings is 1. The molecule has 18 heavy (non-hydrogen) atoms. The molecule has 0 spiro atoms. The van der Waals surface area contributed by atoms with Crippen molar-refractivity contribution in [2.45, 2.75) is 32.4 Å². The molecular formula is C14H20ClFN2. The van der Waals surface area contributed by atoms with E-state index >= 15 is 0 Å². The lowest BCUT2D eigenvalue weighted by atomic mass is 9.95. The standard InChI is InChI=1S/C14H20ClFN2/c1-3-14(2)10-18(7-6-17-14)9-11-8-12(15)4-5-13(11)16/h4-5,8,17H,3,6-7,9-10H2,1-2H3. The fourth-order valence-corrected chi connectivity index (χ4v) is 2.62. The minimum atomic E-state index is -0.170. The first-order chi connectivity index (χ1) is 8.52. The van der Waals surface area contributed by atoms with Gasteiger partial charge in [0.15, 0.2) is 0 Å². The van der Waals surface area contributed by atoms with Crippen LogP contribution in [0.3, 0.4) is 0 Å². The number of piperazine rings is 1. The van der Waals surface area contributed by atoms with E-state index in [0.29, 0.717) is 17.1 Å². The molecule has 0 bridgehead atoms. The third-order valence-corrected chi connectivity index (χ3v) is 3.97. The molecule has 1 atom stereocenters. The third kappa shape index (κ3) is 3.22. The maximum atomic E-state index is 13.7. The van der Waals surface area contributed by atoms with E-state index in [1.165, 1.54) is 6.07 Å². The van der Waals surface area contributed by atoms with Crippen LogP contribution in [-0.4, -0.2) is 30.1 Å². The van der Waals surface area contributed by atoms with Gasteiger partial charge in [0.25, 0.3) is 0 Å². The van der Waals surface area contributed by atoms with Gasteiger partial charge in [0.05, 0.1) is 0 Å². The average Bonchev–Trinajstić information content (AvgIpc) is 2.34. The van der Waals surface area contributed by atoms with Crippen LogP contribution < -0.4 is 5.32 Å². The van der Waals surface area contributed by atoms with Crippen molar-refractivity contribution in [2.75, 3.05) is 19.6 Å². The minimum absolute atomic E-state index is 0.132. The summed E-state index contributed by atoms with van der Waals surface area (Å²) in [6.45, 7) is 7.86. The molecule has 1 aliphatic rings. The Hall–Kier alpha value is -0.640. The molecule has 1 fully saturated rings. The minimum Gasteiger partial charge on any atom is -0.309 e. The van der Waals surface area contributed by atoms with Gasteiger partial charge in [0, 0.05) is 42.3 Å². The number of nitrogens with zero attached hydrogens (tertiary/aromatic N) is 1. The molecule has 2 rings (SSSR count). The Morgan fingerprint density at radius 2 is 2.28 bits per heavy atom. The zero-order chi connectivity index (χ0) is 13.2. The van der Waals surface area contributed by atoms with Crippen molar-refractivity contribution >= 4 is 11.6 Å². The Morgan fingerprint density at radius 1 is 1.50 bits per heavy atom. The van der Waals surface area contributed by atoms with Gasteiger partial charge >= 0.3 is 0 Å². The monoisotopic (exact) mass is 270 g/mol. The van der Waals surface area contributed by atoms with Crippen LogP contribution in [0.15, 0.2) is 18.2 Å². The van der Waals surface area contributed by atoms with E-state index in [9.17, 15) is 4.39 Å². The second kappa shape index (κ2) is 5.55.